The zero-order valence-corrected chi connectivity index (χ0v) is 13.6. The Hall–Kier alpha value is -2.65. The van der Waals surface area contributed by atoms with E-state index in [1.165, 1.54) is 0 Å². The van der Waals surface area contributed by atoms with Gasteiger partial charge in [-0.25, -0.2) is 9.78 Å². The lowest BCUT2D eigenvalue weighted by molar-refractivity contribution is -0.385. The van der Waals surface area contributed by atoms with E-state index >= 15 is 0 Å². The van der Waals surface area contributed by atoms with Gasteiger partial charge in [0.2, 0.25) is 5.69 Å². The number of aromatic carboxylic acids is 1. The van der Waals surface area contributed by atoms with Crippen LogP contribution < -0.4 is 5.32 Å². The molecule has 0 bridgehead atoms. The van der Waals surface area contributed by atoms with Gasteiger partial charge in [0, 0.05) is 12.1 Å². The molecule has 7 nitrogen and oxygen atoms in total. The number of halogens is 3. The first-order chi connectivity index (χ1) is 11.5. The van der Waals surface area contributed by atoms with E-state index in [-0.39, 0.29) is 12.0 Å². The molecule has 1 heterocycles. The number of aromatic nitrogens is 1. The van der Waals surface area contributed by atoms with Crippen molar-refractivity contribution in [3.63, 3.8) is 0 Å². The number of pyridine rings is 1. The zero-order chi connectivity index (χ0) is 19.4. The van der Waals surface area contributed by atoms with Crippen LogP contribution in [0.4, 0.5) is 24.7 Å². The number of anilines is 1. The second-order valence-electron chi connectivity index (χ2n) is 5.67. The number of alkyl halides is 3. The minimum Gasteiger partial charge on any atom is -0.476 e. The molecular weight excluding hydrogens is 343 g/mol. The summed E-state index contributed by atoms with van der Waals surface area (Å²) in [5.41, 5.74) is -3.64. The first-order valence-electron chi connectivity index (χ1n) is 7.36. The fraction of sp³-hybridized carbons (Fsp3) is 0.467. The summed E-state index contributed by atoms with van der Waals surface area (Å²) < 4.78 is 39.8. The molecule has 0 spiro atoms. The Labute approximate surface area is 141 Å². The van der Waals surface area contributed by atoms with Gasteiger partial charge in [0.25, 0.3) is 0 Å². The van der Waals surface area contributed by atoms with Crippen LogP contribution in [0.15, 0.2) is 18.7 Å². The molecule has 0 fully saturated rings. The third-order valence-corrected chi connectivity index (χ3v) is 3.52. The summed E-state index contributed by atoms with van der Waals surface area (Å²) in [6.07, 6.45) is -2.36. The molecule has 0 aromatic carbocycles. The van der Waals surface area contributed by atoms with Crippen LogP contribution in [0.2, 0.25) is 0 Å². The first-order valence-corrected chi connectivity index (χ1v) is 7.36. The van der Waals surface area contributed by atoms with Crippen LogP contribution in [0.3, 0.4) is 0 Å². The lowest BCUT2D eigenvalue weighted by Gasteiger charge is -2.24. The lowest BCUT2D eigenvalue weighted by atomic mass is 9.99. The maximum absolute atomic E-state index is 13.3. The molecule has 1 aromatic rings. The molecule has 0 aliphatic heterocycles. The molecule has 138 valence electrons. The van der Waals surface area contributed by atoms with Gasteiger partial charge < -0.3 is 10.4 Å². The van der Waals surface area contributed by atoms with Crippen molar-refractivity contribution in [1.82, 2.24) is 4.98 Å². The van der Waals surface area contributed by atoms with E-state index in [4.69, 9.17) is 5.11 Å². The molecule has 25 heavy (non-hydrogen) atoms. The van der Waals surface area contributed by atoms with Crippen molar-refractivity contribution < 1.29 is 28.0 Å². The van der Waals surface area contributed by atoms with Crippen molar-refractivity contribution in [2.75, 3.05) is 5.32 Å². The molecule has 0 amide bonds. The van der Waals surface area contributed by atoms with Gasteiger partial charge in [-0.05, 0) is 18.8 Å². The molecule has 1 rings (SSSR count). The van der Waals surface area contributed by atoms with Crippen molar-refractivity contribution in [2.24, 2.45) is 5.92 Å². The van der Waals surface area contributed by atoms with Crippen LogP contribution >= 0.6 is 0 Å². The number of carboxylic acid groups (broad SMARTS) is 1. The average Bonchev–Trinajstić information content (AvgIpc) is 2.48. The van der Waals surface area contributed by atoms with E-state index in [0.717, 1.165) is 0 Å². The van der Waals surface area contributed by atoms with Crippen molar-refractivity contribution in [1.29, 1.82) is 0 Å². The highest BCUT2D eigenvalue weighted by atomic mass is 19.4. The predicted molar refractivity (Wildman–Crippen MR) is 84.5 cm³/mol. The number of carboxylic acids is 1. The van der Waals surface area contributed by atoms with E-state index in [1.807, 2.05) is 0 Å². The molecule has 1 unspecified atom stereocenters. The smallest absolute Gasteiger partial charge is 0.420 e. The normalized spacial score (nSPS) is 12.7. The van der Waals surface area contributed by atoms with Crippen LogP contribution in [0.1, 0.15) is 42.7 Å². The molecule has 0 saturated heterocycles. The van der Waals surface area contributed by atoms with Crippen LogP contribution in [-0.2, 0) is 6.18 Å². The van der Waals surface area contributed by atoms with E-state index < -0.39 is 45.9 Å². The number of rotatable bonds is 8. The highest BCUT2D eigenvalue weighted by Crippen LogP contribution is 2.38. The maximum Gasteiger partial charge on any atom is 0.420 e. The third-order valence-electron chi connectivity index (χ3n) is 3.52. The Morgan fingerprint density at radius 3 is 2.52 bits per heavy atom. The van der Waals surface area contributed by atoms with Gasteiger partial charge in [0.1, 0.15) is 11.4 Å². The second kappa shape index (κ2) is 7.95. The van der Waals surface area contributed by atoms with Crippen molar-refractivity contribution in [3.05, 3.63) is 40.1 Å². The summed E-state index contributed by atoms with van der Waals surface area (Å²) >= 11 is 0. The number of hydrogen-bond donors (Lipinski definition) is 2. The number of hydrogen-bond acceptors (Lipinski definition) is 5. The van der Waals surface area contributed by atoms with Gasteiger partial charge in [-0.1, -0.05) is 19.9 Å². The Morgan fingerprint density at radius 2 is 2.12 bits per heavy atom. The minimum absolute atomic E-state index is 0.0914. The van der Waals surface area contributed by atoms with Crippen LogP contribution in [-0.4, -0.2) is 27.0 Å². The largest absolute Gasteiger partial charge is 0.476 e. The molecule has 0 saturated carbocycles. The number of allylic oxidation sites excluding steroid dienone is 1. The van der Waals surface area contributed by atoms with Crippen molar-refractivity contribution in [3.8, 4) is 0 Å². The van der Waals surface area contributed by atoms with Gasteiger partial charge in [-0.2, -0.15) is 13.2 Å². The van der Waals surface area contributed by atoms with Crippen molar-refractivity contribution in [2.45, 2.75) is 38.9 Å². The summed E-state index contributed by atoms with van der Waals surface area (Å²) in [5.74, 6) is -2.61. The molecule has 1 atom stereocenters. The summed E-state index contributed by atoms with van der Waals surface area (Å²) in [6.45, 7) is 7.10. The van der Waals surface area contributed by atoms with Gasteiger partial charge >= 0.3 is 17.8 Å². The van der Waals surface area contributed by atoms with Gasteiger partial charge in [0.15, 0.2) is 0 Å². The number of nitro groups is 1. The molecule has 0 radical (unpaired) electrons. The summed E-state index contributed by atoms with van der Waals surface area (Å²) in [4.78, 5) is 24.2. The third kappa shape index (κ3) is 5.16. The molecule has 0 aliphatic carbocycles. The summed E-state index contributed by atoms with van der Waals surface area (Å²) in [6, 6.07) is -0.251. The van der Waals surface area contributed by atoms with E-state index in [0.29, 0.717) is 12.8 Å². The Morgan fingerprint density at radius 1 is 1.52 bits per heavy atom. The average molecular weight is 361 g/mol. The maximum atomic E-state index is 13.3. The van der Waals surface area contributed by atoms with E-state index in [9.17, 15) is 28.1 Å². The fourth-order valence-corrected chi connectivity index (χ4v) is 2.17. The first kappa shape index (κ1) is 20.4. The van der Waals surface area contributed by atoms with E-state index in [1.54, 1.807) is 19.9 Å². The number of nitrogens with one attached hydrogen (secondary N) is 1. The predicted octanol–water partition coefficient (Wildman–Crippen LogP) is 4.11. The molecular formula is C15H18F3N3O4. The molecule has 10 heteroatoms. The standard InChI is InChI=1S/C15H18F3N3O4/c1-4-5-6-10(8(2)3)19-13-9(15(16,17)18)7-11(21(24)25)12(20-13)14(22)23/h4,7-8,10H,1,5-6H2,2-3H3,(H,19,20)(H,22,23). The van der Waals surface area contributed by atoms with Crippen LogP contribution in [0, 0.1) is 16.0 Å². The fourth-order valence-electron chi connectivity index (χ4n) is 2.17. The van der Waals surface area contributed by atoms with Gasteiger partial charge in [-0.15, -0.1) is 6.58 Å². The minimum atomic E-state index is -4.93. The van der Waals surface area contributed by atoms with Gasteiger partial charge in [-0.3, -0.25) is 10.1 Å². The van der Waals surface area contributed by atoms with Crippen molar-refractivity contribution >= 4 is 17.5 Å². The van der Waals surface area contributed by atoms with E-state index in [2.05, 4.69) is 16.9 Å². The highest BCUT2D eigenvalue weighted by molar-refractivity contribution is 5.91. The lowest BCUT2D eigenvalue weighted by Crippen LogP contribution is -2.28. The quantitative estimate of drug-likeness (QED) is 0.410. The SMILES string of the molecule is C=CCCC(Nc1nc(C(=O)O)c([N+](=O)[O-])cc1C(F)(F)F)C(C)C. The Bertz CT molecular complexity index is 675. The number of nitrogens with zero attached hydrogens (tertiary/aromatic N) is 2. The number of carbonyl (C=O) groups is 1. The molecule has 0 aliphatic rings. The molecule has 2 N–H and O–H groups in total. The zero-order valence-electron chi connectivity index (χ0n) is 13.6. The van der Waals surface area contributed by atoms with Crippen LogP contribution in [0.5, 0.6) is 0 Å². The Balaban J connectivity index is 3.49. The van der Waals surface area contributed by atoms with Crippen LogP contribution in [0.25, 0.3) is 0 Å². The topological polar surface area (TPSA) is 105 Å². The highest BCUT2D eigenvalue weighted by Gasteiger charge is 2.39. The monoisotopic (exact) mass is 361 g/mol. The second-order valence-corrected chi connectivity index (χ2v) is 5.67. The Kier molecular flexibility index (Phi) is 6.49. The summed E-state index contributed by atoms with van der Waals surface area (Å²) in [7, 11) is 0. The van der Waals surface area contributed by atoms with Gasteiger partial charge in [0.05, 0.1) is 4.92 Å². The summed E-state index contributed by atoms with van der Waals surface area (Å²) in [5, 5.41) is 22.5. The molecule has 1 aromatic heterocycles.